The minimum absolute atomic E-state index is 0.0771. The van der Waals surface area contributed by atoms with Crippen molar-refractivity contribution in [2.45, 2.75) is 41.0 Å². The summed E-state index contributed by atoms with van der Waals surface area (Å²) in [6.07, 6.45) is 2.60. The van der Waals surface area contributed by atoms with Crippen molar-refractivity contribution in [2.75, 3.05) is 6.61 Å². The molecule has 30 heavy (non-hydrogen) atoms. The summed E-state index contributed by atoms with van der Waals surface area (Å²) >= 11 is 0. The maximum Gasteiger partial charge on any atom is 0.277 e. The molecular formula is C25H29N3O2. The average Bonchev–Trinajstić information content (AvgIpc) is 2.99. The van der Waals surface area contributed by atoms with Gasteiger partial charge in [-0.1, -0.05) is 25.1 Å². The predicted molar refractivity (Wildman–Crippen MR) is 122 cm³/mol. The highest BCUT2D eigenvalue weighted by molar-refractivity contribution is 5.84. The number of aromatic nitrogens is 1. The third-order valence-electron chi connectivity index (χ3n) is 5.01. The van der Waals surface area contributed by atoms with E-state index in [4.69, 9.17) is 4.74 Å². The first-order valence-corrected chi connectivity index (χ1v) is 10.2. The monoisotopic (exact) mass is 403 g/mol. The predicted octanol–water partition coefficient (Wildman–Crippen LogP) is 4.80. The molecule has 1 aromatic heterocycles. The lowest BCUT2D eigenvalue weighted by Crippen LogP contribution is -2.24. The van der Waals surface area contributed by atoms with Crippen LogP contribution in [0.1, 0.15) is 40.6 Å². The molecule has 0 saturated carbocycles. The van der Waals surface area contributed by atoms with Crippen LogP contribution in [0.3, 0.4) is 0 Å². The molecular weight excluding hydrogens is 374 g/mol. The van der Waals surface area contributed by atoms with Gasteiger partial charge in [-0.2, -0.15) is 5.10 Å². The number of hydrogen-bond acceptors (Lipinski definition) is 3. The quantitative estimate of drug-likeness (QED) is 0.455. The molecule has 0 aliphatic heterocycles. The van der Waals surface area contributed by atoms with E-state index in [1.165, 1.54) is 11.1 Å². The zero-order valence-electron chi connectivity index (χ0n) is 18.3. The molecule has 1 N–H and O–H groups in total. The molecule has 3 rings (SSSR count). The second-order valence-electron chi connectivity index (χ2n) is 7.59. The fraction of sp³-hybridized carbons (Fsp3) is 0.280. The first kappa shape index (κ1) is 21.4. The van der Waals surface area contributed by atoms with E-state index < -0.39 is 0 Å². The van der Waals surface area contributed by atoms with Crippen molar-refractivity contribution in [3.05, 3.63) is 82.2 Å². The lowest BCUT2D eigenvalue weighted by molar-refractivity contribution is -0.123. The van der Waals surface area contributed by atoms with Crippen molar-refractivity contribution < 1.29 is 9.53 Å². The summed E-state index contributed by atoms with van der Waals surface area (Å²) in [7, 11) is 0. The summed E-state index contributed by atoms with van der Waals surface area (Å²) in [6, 6.07) is 16.4. The van der Waals surface area contributed by atoms with Gasteiger partial charge in [0, 0.05) is 22.6 Å². The fourth-order valence-corrected chi connectivity index (χ4v) is 3.55. The molecule has 1 heterocycles. The van der Waals surface area contributed by atoms with Gasteiger partial charge < -0.3 is 9.30 Å². The van der Waals surface area contributed by atoms with Crippen LogP contribution in [0.4, 0.5) is 0 Å². The summed E-state index contributed by atoms with van der Waals surface area (Å²) in [5.74, 6) is 0.408. The van der Waals surface area contributed by atoms with E-state index in [9.17, 15) is 4.79 Å². The second-order valence-corrected chi connectivity index (χ2v) is 7.59. The molecule has 5 nitrogen and oxygen atoms in total. The molecule has 0 spiro atoms. The number of carbonyl (C=O) groups excluding carboxylic acids is 1. The zero-order valence-corrected chi connectivity index (χ0v) is 18.3. The molecule has 0 unspecified atom stereocenters. The van der Waals surface area contributed by atoms with Gasteiger partial charge in [0.1, 0.15) is 5.75 Å². The average molecular weight is 404 g/mol. The highest BCUT2D eigenvalue weighted by Crippen LogP contribution is 2.20. The Labute approximate surface area is 178 Å². The molecule has 0 aliphatic rings. The zero-order chi connectivity index (χ0) is 21.7. The van der Waals surface area contributed by atoms with E-state index in [0.717, 1.165) is 34.6 Å². The molecule has 0 saturated heterocycles. The minimum atomic E-state index is -0.293. The maximum atomic E-state index is 12.1. The Morgan fingerprint density at radius 1 is 1.07 bits per heavy atom. The van der Waals surface area contributed by atoms with Crippen LogP contribution in [0.25, 0.3) is 5.69 Å². The molecule has 156 valence electrons. The van der Waals surface area contributed by atoms with E-state index in [1.54, 1.807) is 6.21 Å². The van der Waals surface area contributed by atoms with E-state index in [-0.39, 0.29) is 12.5 Å². The van der Waals surface area contributed by atoms with E-state index in [2.05, 4.69) is 72.3 Å². The highest BCUT2D eigenvalue weighted by atomic mass is 16.5. The smallest absolute Gasteiger partial charge is 0.277 e. The Kier molecular flexibility index (Phi) is 6.72. The van der Waals surface area contributed by atoms with Crippen LogP contribution in [0.5, 0.6) is 5.75 Å². The topological polar surface area (TPSA) is 55.6 Å². The van der Waals surface area contributed by atoms with Crippen molar-refractivity contribution in [1.29, 1.82) is 0 Å². The summed E-state index contributed by atoms with van der Waals surface area (Å²) in [4.78, 5) is 12.1. The Morgan fingerprint density at radius 2 is 1.87 bits per heavy atom. The van der Waals surface area contributed by atoms with E-state index >= 15 is 0 Å². The van der Waals surface area contributed by atoms with E-state index in [1.807, 2.05) is 26.0 Å². The van der Waals surface area contributed by atoms with Crippen molar-refractivity contribution >= 4 is 12.1 Å². The number of aryl methyl sites for hydroxylation is 4. The molecule has 0 radical (unpaired) electrons. The van der Waals surface area contributed by atoms with Crippen LogP contribution < -0.4 is 10.2 Å². The lowest BCUT2D eigenvalue weighted by Gasteiger charge is -2.10. The molecule has 0 aliphatic carbocycles. The number of amides is 1. The second kappa shape index (κ2) is 9.44. The van der Waals surface area contributed by atoms with Gasteiger partial charge in [0.2, 0.25) is 0 Å². The van der Waals surface area contributed by atoms with Crippen LogP contribution in [0.15, 0.2) is 53.6 Å². The molecule has 3 aromatic rings. The molecule has 1 amide bonds. The molecule has 0 fully saturated rings. The number of benzene rings is 2. The van der Waals surface area contributed by atoms with Crippen LogP contribution in [-0.4, -0.2) is 23.3 Å². The van der Waals surface area contributed by atoms with Gasteiger partial charge in [-0.05, 0) is 81.1 Å². The Bertz CT molecular complexity index is 1080. The summed E-state index contributed by atoms with van der Waals surface area (Å²) in [5.41, 5.74) is 10.3. The Hall–Kier alpha value is -3.34. The SMILES string of the molecule is CCc1cc(C)cc(OCC(=O)N/N=C/c2cc(C)n(-c3cccc(C)c3)c2C)c1. The van der Waals surface area contributed by atoms with Gasteiger partial charge in [0.15, 0.2) is 6.61 Å². The fourth-order valence-electron chi connectivity index (χ4n) is 3.55. The maximum absolute atomic E-state index is 12.1. The number of nitrogens with zero attached hydrogens (tertiary/aromatic N) is 2. The first-order valence-electron chi connectivity index (χ1n) is 10.2. The van der Waals surface area contributed by atoms with Crippen LogP contribution >= 0.6 is 0 Å². The van der Waals surface area contributed by atoms with E-state index in [0.29, 0.717) is 5.75 Å². The van der Waals surface area contributed by atoms with Crippen molar-refractivity contribution in [3.63, 3.8) is 0 Å². The lowest BCUT2D eigenvalue weighted by atomic mass is 10.1. The first-order chi connectivity index (χ1) is 14.4. The summed E-state index contributed by atoms with van der Waals surface area (Å²) < 4.78 is 7.80. The Morgan fingerprint density at radius 3 is 2.60 bits per heavy atom. The third-order valence-corrected chi connectivity index (χ3v) is 5.01. The summed E-state index contributed by atoms with van der Waals surface area (Å²) in [6.45, 7) is 10.2. The van der Waals surface area contributed by atoms with Crippen molar-refractivity contribution in [1.82, 2.24) is 9.99 Å². The number of rotatable bonds is 7. The highest BCUT2D eigenvalue weighted by Gasteiger charge is 2.10. The van der Waals surface area contributed by atoms with Crippen LogP contribution in [0.2, 0.25) is 0 Å². The van der Waals surface area contributed by atoms with Crippen molar-refractivity contribution in [2.24, 2.45) is 5.10 Å². The van der Waals surface area contributed by atoms with Gasteiger partial charge in [-0.15, -0.1) is 0 Å². The Balaban J connectivity index is 1.62. The number of hydrogen-bond donors (Lipinski definition) is 1. The number of nitrogens with one attached hydrogen (secondary N) is 1. The largest absolute Gasteiger partial charge is 0.484 e. The van der Waals surface area contributed by atoms with Gasteiger partial charge >= 0.3 is 0 Å². The van der Waals surface area contributed by atoms with Crippen LogP contribution in [-0.2, 0) is 11.2 Å². The minimum Gasteiger partial charge on any atom is -0.484 e. The van der Waals surface area contributed by atoms with Gasteiger partial charge in [-0.3, -0.25) is 4.79 Å². The standard InChI is InChI=1S/C25H29N3O2/c1-6-21-10-18(3)12-24(14-21)30-16-25(29)27-26-15-22-13-19(4)28(20(22)5)23-9-7-8-17(2)11-23/h7-15H,6,16H2,1-5H3,(H,27,29)/b26-15+. The van der Waals surface area contributed by atoms with Gasteiger partial charge in [0.05, 0.1) is 6.21 Å². The molecule has 5 heteroatoms. The van der Waals surface area contributed by atoms with Gasteiger partial charge in [-0.25, -0.2) is 5.43 Å². The number of ether oxygens (including phenoxy) is 1. The molecule has 0 atom stereocenters. The van der Waals surface area contributed by atoms with Crippen LogP contribution in [0, 0.1) is 27.7 Å². The summed E-state index contributed by atoms with van der Waals surface area (Å²) in [5, 5.41) is 4.11. The van der Waals surface area contributed by atoms with Crippen molar-refractivity contribution in [3.8, 4) is 11.4 Å². The normalized spacial score (nSPS) is 11.1. The van der Waals surface area contributed by atoms with Gasteiger partial charge in [0.25, 0.3) is 5.91 Å². The molecule has 0 bridgehead atoms. The molecule has 2 aromatic carbocycles. The number of hydrazone groups is 1. The number of carbonyl (C=O) groups is 1. The third kappa shape index (κ3) is 5.17.